The number of nitrogens with zero attached hydrogens (tertiary/aromatic N) is 3. The van der Waals surface area contributed by atoms with Gasteiger partial charge in [-0.1, -0.05) is 36.9 Å². The summed E-state index contributed by atoms with van der Waals surface area (Å²) in [6.45, 7) is 3.29. The van der Waals surface area contributed by atoms with Gasteiger partial charge in [-0.3, -0.25) is 4.79 Å². The molecule has 4 rings (SSSR count). The van der Waals surface area contributed by atoms with Gasteiger partial charge in [0.05, 0.1) is 11.3 Å². The lowest BCUT2D eigenvalue weighted by Crippen LogP contribution is -2.43. The minimum atomic E-state index is -0.316. The van der Waals surface area contributed by atoms with Crippen molar-refractivity contribution in [3.63, 3.8) is 0 Å². The zero-order valence-electron chi connectivity index (χ0n) is 18.8. The number of amides is 2. The van der Waals surface area contributed by atoms with Gasteiger partial charge in [0.2, 0.25) is 0 Å². The monoisotopic (exact) mass is 464 g/mol. The van der Waals surface area contributed by atoms with Crippen molar-refractivity contribution in [3.05, 3.63) is 53.2 Å². The number of nitriles is 1. The Labute approximate surface area is 198 Å². The molecule has 1 fully saturated rings. The predicted molar refractivity (Wildman–Crippen MR) is 127 cm³/mol. The molecule has 0 bridgehead atoms. The van der Waals surface area contributed by atoms with E-state index in [9.17, 15) is 14.9 Å². The lowest BCUT2D eigenvalue weighted by Gasteiger charge is -2.31. The van der Waals surface area contributed by atoms with Crippen molar-refractivity contribution in [1.82, 2.24) is 9.88 Å². The highest BCUT2D eigenvalue weighted by molar-refractivity contribution is 7.99. The number of thioether (sulfide) groups is 1. The molecule has 1 aromatic heterocycles. The number of ether oxygens (including phenoxy) is 1. The van der Waals surface area contributed by atoms with E-state index in [-0.39, 0.29) is 23.9 Å². The van der Waals surface area contributed by atoms with Crippen LogP contribution in [0, 0.1) is 17.2 Å². The number of likely N-dealkylation sites (tertiary alicyclic amines) is 1. The number of fused-ring (bicyclic) bond motifs is 1. The Bertz CT molecular complexity index is 1050. The van der Waals surface area contributed by atoms with Gasteiger partial charge in [-0.2, -0.15) is 5.26 Å². The highest BCUT2D eigenvalue weighted by Crippen LogP contribution is 2.29. The van der Waals surface area contributed by atoms with Crippen molar-refractivity contribution in [1.29, 1.82) is 5.26 Å². The first-order chi connectivity index (χ1) is 16.0. The van der Waals surface area contributed by atoms with E-state index in [4.69, 9.17) is 4.74 Å². The number of esters is 1. The molecule has 1 aliphatic heterocycles. The Morgan fingerprint density at radius 2 is 2.00 bits per heavy atom. The summed E-state index contributed by atoms with van der Waals surface area (Å²) in [7, 11) is 0. The molecule has 2 amide bonds. The van der Waals surface area contributed by atoms with E-state index in [0.717, 1.165) is 36.2 Å². The second kappa shape index (κ2) is 10.7. The minimum absolute atomic E-state index is 0.117. The zero-order valence-corrected chi connectivity index (χ0v) is 19.6. The molecule has 7 nitrogen and oxygen atoms in total. The van der Waals surface area contributed by atoms with Crippen LogP contribution in [0.3, 0.4) is 0 Å². The molecular weight excluding hydrogens is 436 g/mol. The van der Waals surface area contributed by atoms with Crippen LogP contribution in [-0.4, -0.2) is 46.8 Å². The summed E-state index contributed by atoms with van der Waals surface area (Å²) in [5.41, 5.74) is 3.48. The number of anilines is 1. The third-order valence-corrected chi connectivity index (χ3v) is 7.06. The van der Waals surface area contributed by atoms with Gasteiger partial charge in [0.1, 0.15) is 17.2 Å². The first kappa shape index (κ1) is 23.1. The molecule has 1 atom stereocenters. The average molecular weight is 465 g/mol. The molecule has 1 aromatic carbocycles. The molecule has 33 heavy (non-hydrogen) atoms. The van der Waals surface area contributed by atoms with Crippen LogP contribution in [0.2, 0.25) is 0 Å². The number of para-hydroxylation sites is 1. The van der Waals surface area contributed by atoms with Crippen molar-refractivity contribution < 1.29 is 14.3 Å². The maximum absolute atomic E-state index is 12.4. The number of aryl methyl sites for hydroxylation is 1. The Hall–Kier alpha value is -3.05. The number of piperidine rings is 1. The van der Waals surface area contributed by atoms with Crippen LogP contribution < -0.4 is 5.32 Å². The fourth-order valence-electron chi connectivity index (χ4n) is 4.27. The molecule has 0 spiro atoms. The summed E-state index contributed by atoms with van der Waals surface area (Å²) in [5.74, 6) is 0.408. The quantitative estimate of drug-likeness (QED) is 0.520. The minimum Gasteiger partial charge on any atom is -0.462 e. The summed E-state index contributed by atoms with van der Waals surface area (Å²) in [6.07, 6.45) is 3.98. The maximum atomic E-state index is 12.4. The van der Waals surface area contributed by atoms with Crippen molar-refractivity contribution >= 4 is 29.4 Å². The standard InChI is InChI=1S/C25H28N4O3S/c1-17-7-8-22-18(13-17)14-19(15-26)24(28-22)33-16-23(30)32-21-9-11-29(12-10-21)25(31)27-20-5-3-2-4-6-20/h2-6,14,17,21H,7-13,16H2,1H3,(H,27,31)/t17-/m1/s1. The van der Waals surface area contributed by atoms with Crippen LogP contribution in [0.4, 0.5) is 10.5 Å². The first-order valence-electron chi connectivity index (χ1n) is 11.4. The van der Waals surface area contributed by atoms with Crippen molar-refractivity contribution in [2.75, 3.05) is 24.2 Å². The number of nitrogens with one attached hydrogen (secondary N) is 1. The van der Waals surface area contributed by atoms with E-state index in [1.165, 1.54) is 11.8 Å². The van der Waals surface area contributed by atoms with E-state index in [1.54, 1.807) is 4.90 Å². The van der Waals surface area contributed by atoms with Crippen LogP contribution in [0.5, 0.6) is 0 Å². The Balaban J connectivity index is 1.24. The van der Waals surface area contributed by atoms with Gasteiger partial charge < -0.3 is 15.0 Å². The van der Waals surface area contributed by atoms with Gasteiger partial charge in [0, 0.05) is 37.3 Å². The maximum Gasteiger partial charge on any atom is 0.321 e. The second-order valence-corrected chi connectivity index (χ2v) is 9.63. The van der Waals surface area contributed by atoms with Crippen LogP contribution >= 0.6 is 11.8 Å². The third-order valence-electron chi connectivity index (χ3n) is 6.10. The molecule has 0 saturated carbocycles. The highest BCUT2D eigenvalue weighted by atomic mass is 32.2. The number of urea groups is 1. The van der Waals surface area contributed by atoms with Crippen LogP contribution in [0.15, 0.2) is 41.4 Å². The number of pyridine rings is 1. The largest absolute Gasteiger partial charge is 0.462 e. The van der Waals surface area contributed by atoms with Crippen LogP contribution in [-0.2, 0) is 22.4 Å². The van der Waals surface area contributed by atoms with E-state index in [2.05, 4.69) is 23.3 Å². The first-order valence-corrected chi connectivity index (χ1v) is 12.4. The number of aromatic nitrogens is 1. The smallest absolute Gasteiger partial charge is 0.321 e. The summed E-state index contributed by atoms with van der Waals surface area (Å²) in [4.78, 5) is 31.3. The van der Waals surface area contributed by atoms with Gasteiger partial charge in [0.25, 0.3) is 0 Å². The third kappa shape index (κ3) is 6.05. The molecule has 2 aromatic rings. The Morgan fingerprint density at radius 3 is 2.73 bits per heavy atom. The van der Waals surface area contributed by atoms with Crippen molar-refractivity contribution in [2.24, 2.45) is 5.92 Å². The van der Waals surface area contributed by atoms with Gasteiger partial charge in [0.15, 0.2) is 0 Å². The molecule has 172 valence electrons. The topological polar surface area (TPSA) is 95.3 Å². The van der Waals surface area contributed by atoms with E-state index >= 15 is 0 Å². The van der Waals surface area contributed by atoms with Crippen molar-refractivity contribution in [3.8, 4) is 6.07 Å². The van der Waals surface area contributed by atoms with Gasteiger partial charge in [-0.15, -0.1) is 0 Å². The second-order valence-electron chi connectivity index (χ2n) is 8.67. The van der Waals surface area contributed by atoms with Crippen LogP contribution in [0.1, 0.15) is 43.0 Å². The fraction of sp³-hybridized carbons (Fsp3) is 0.440. The summed E-state index contributed by atoms with van der Waals surface area (Å²) >= 11 is 1.27. The molecule has 0 radical (unpaired) electrons. The number of benzene rings is 1. The fourth-order valence-corrected chi connectivity index (χ4v) is 5.02. The average Bonchev–Trinajstić information content (AvgIpc) is 2.83. The lowest BCUT2D eigenvalue weighted by atomic mass is 9.87. The molecular formula is C25H28N4O3S. The normalized spacial score (nSPS) is 18.2. The SMILES string of the molecule is C[C@@H]1CCc2nc(SCC(=O)OC3CCN(C(=O)Nc4ccccc4)CC3)c(C#N)cc2C1. The molecule has 1 saturated heterocycles. The number of hydrogen-bond donors (Lipinski definition) is 1. The number of carbonyl (C=O) groups excluding carboxylic acids is 2. The van der Waals surface area contributed by atoms with E-state index in [0.29, 0.717) is 42.4 Å². The van der Waals surface area contributed by atoms with Gasteiger partial charge in [-0.05, 0) is 48.9 Å². The Kier molecular flexibility index (Phi) is 7.50. The summed E-state index contributed by atoms with van der Waals surface area (Å²) in [5, 5.41) is 13.0. The van der Waals surface area contributed by atoms with Crippen molar-refractivity contribution in [2.45, 2.75) is 50.2 Å². The number of carbonyl (C=O) groups is 2. The van der Waals surface area contributed by atoms with Gasteiger partial charge in [-0.25, -0.2) is 9.78 Å². The molecule has 2 heterocycles. The molecule has 0 unspecified atom stereocenters. The summed E-state index contributed by atoms with van der Waals surface area (Å²) < 4.78 is 5.63. The molecule has 1 aliphatic carbocycles. The summed E-state index contributed by atoms with van der Waals surface area (Å²) in [6, 6.07) is 13.4. The van der Waals surface area contributed by atoms with Gasteiger partial charge >= 0.3 is 12.0 Å². The number of hydrogen-bond acceptors (Lipinski definition) is 6. The molecule has 8 heteroatoms. The molecule has 1 N–H and O–H groups in total. The Morgan fingerprint density at radius 1 is 1.24 bits per heavy atom. The lowest BCUT2D eigenvalue weighted by molar-refractivity contribution is -0.147. The molecule has 2 aliphatic rings. The number of rotatable bonds is 5. The predicted octanol–water partition coefficient (Wildman–Crippen LogP) is 4.41. The zero-order chi connectivity index (χ0) is 23.2. The van der Waals surface area contributed by atoms with Crippen LogP contribution in [0.25, 0.3) is 0 Å². The highest BCUT2D eigenvalue weighted by Gasteiger charge is 2.26. The van der Waals surface area contributed by atoms with E-state index in [1.807, 2.05) is 36.4 Å². The van der Waals surface area contributed by atoms with E-state index < -0.39 is 0 Å².